The Hall–Kier alpha value is -2.20. The Bertz CT molecular complexity index is 627. The highest BCUT2D eigenvalue weighted by atomic mass is 16.6. The summed E-state index contributed by atoms with van der Waals surface area (Å²) in [6.07, 6.45) is 0.904. The van der Waals surface area contributed by atoms with Crippen molar-refractivity contribution in [2.45, 2.75) is 13.0 Å². The van der Waals surface area contributed by atoms with Gasteiger partial charge >= 0.3 is 0 Å². The summed E-state index contributed by atoms with van der Waals surface area (Å²) in [5, 5.41) is 3.49. The van der Waals surface area contributed by atoms with Crippen LogP contribution in [0.1, 0.15) is 11.1 Å². The van der Waals surface area contributed by atoms with Crippen molar-refractivity contribution in [3.05, 3.63) is 53.6 Å². The van der Waals surface area contributed by atoms with Crippen LogP contribution in [0.3, 0.4) is 0 Å². The number of fused-ring (bicyclic) bond motifs is 1. The molecule has 0 amide bonds. The van der Waals surface area contributed by atoms with Gasteiger partial charge in [-0.2, -0.15) is 0 Å². The number of benzene rings is 2. The van der Waals surface area contributed by atoms with E-state index in [2.05, 4.69) is 29.6 Å². The highest BCUT2D eigenvalue weighted by Crippen LogP contribution is 2.31. The maximum atomic E-state index is 5.62. The summed E-state index contributed by atoms with van der Waals surface area (Å²) in [7, 11) is 1.73. The predicted molar refractivity (Wildman–Crippen MR) is 86.8 cm³/mol. The third-order valence-electron chi connectivity index (χ3n) is 3.68. The van der Waals surface area contributed by atoms with E-state index in [4.69, 9.17) is 14.2 Å². The minimum absolute atomic E-state index is 0.615. The minimum Gasteiger partial charge on any atom is -0.486 e. The monoisotopic (exact) mass is 299 g/mol. The first kappa shape index (κ1) is 14.7. The SMILES string of the molecule is COCCc1ccccc1NCc1ccc2c(c1)OCCO2. The van der Waals surface area contributed by atoms with Gasteiger partial charge in [-0.25, -0.2) is 0 Å². The van der Waals surface area contributed by atoms with Crippen molar-refractivity contribution in [2.75, 3.05) is 32.2 Å². The van der Waals surface area contributed by atoms with E-state index in [1.54, 1.807) is 7.11 Å². The lowest BCUT2D eigenvalue weighted by molar-refractivity contribution is 0.171. The van der Waals surface area contributed by atoms with Crippen LogP contribution in [0.4, 0.5) is 5.69 Å². The van der Waals surface area contributed by atoms with E-state index in [0.717, 1.165) is 36.8 Å². The summed E-state index contributed by atoms with van der Waals surface area (Å²) in [4.78, 5) is 0. The van der Waals surface area contributed by atoms with Crippen LogP contribution >= 0.6 is 0 Å². The fourth-order valence-electron chi connectivity index (χ4n) is 2.52. The molecule has 2 aromatic rings. The largest absolute Gasteiger partial charge is 0.486 e. The summed E-state index contributed by atoms with van der Waals surface area (Å²) in [6.45, 7) is 2.71. The maximum absolute atomic E-state index is 5.62. The highest BCUT2D eigenvalue weighted by Gasteiger charge is 2.11. The third kappa shape index (κ3) is 3.52. The Balaban J connectivity index is 1.67. The van der Waals surface area contributed by atoms with Crippen LogP contribution in [-0.2, 0) is 17.7 Å². The molecule has 0 aromatic heterocycles. The minimum atomic E-state index is 0.615. The van der Waals surface area contributed by atoms with Crippen molar-refractivity contribution in [1.82, 2.24) is 0 Å². The number of methoxy groups -OCH3 is 1. The van der Waals surface area contributed by atoms with E-state index in [-0.39, 0.29) is 0 Å². The Kier molecular flexibility index (Phi) is 4.81. The van der Waals surface area contributed by atoms with E-state index >= 15 is 0 Å². The van der Waals surface area contributed by atoms with Crippen molar-refractivity contribution in [3.63, 3.8) is 0 Å². The Morgan fingerprint density at radius 2 is 1.86 bits per heavy atom. The molecule has 0 fully saturated rings. The second-order valence-electron chi connectivity index (χ2n) is 5.23. The number of anilines is 1. The summed E-state index contributed by atoms with van der Waals surface area (Å²) in [5.41, 5.74) is 3.59. The Morgan fingerprint density at radius 1 is 1.05 bits per heavy atom. The van der Waals surface area contributed by atoms with Crippen LogP contribution in [0.25, 0.3) is 0 Å². The molecule has 116 valence electrons. The van der Waals surface area contributed by atoms with Gasteiger partial charge in [0.2, 0.25) is 0 Å². The fourth-order valence-corrected chi connectivity index (χ4v) is 2.52. The number of para-hydroxylation sites is 1. The summed E-state index contributed by atoms with van der Waals surface area (Å²) >= 11 is 0. The lowest BCUT2D eigenvalue weighted by Crippen LogP contribution is -2.15. The zero-order chi connectivity index (χ0) is 15.2. The van der Waals surface area contributed by atoms with Gasteiger partial charge in [0.25, 0.3) is 0 Å². The molecule has 1 N–H and O–H groups in total. The molecule has 22 heavy (non-hydrogen) atoms. The van der Waals surface area contributed by atoms with Crippen LogP contribution in [0.15, 0.2) is 42.5 Å². The number of rotatable bonds is 6. The fraction of sp³-hybridized carbons (Fsp3) is 0.333. The van der Waals surface area contributed by atoms with Gasteiger partial charge in [-0.05, 0) is 35.7 Å². The zero-order valence-electron chi connectivity index (χ0n) is 12.8. The lowest BCUT2D eigenvalue weighted by atomic mass is 10.1. The Labute approximate surface area is 131 Å². The molecular weight excluding hydrogens is 278 g/mol. The van der Waals surface area contributed by atoms with Crippen LogP contribution in [0.5, 0.6) is 11.5 Å². The van der Waals surface area contributed by atoms with Crippen molar-refractivity contribution < 1.29 is 14.2 Å². The first-order chi connectivity index (χ1) is 10.9. The summed E-state index contributed by atoms with van der Waals surface area (Å²) < 4.78 is 16.3. The zero-order valence-corrected chi connectivity index (χ0v) is 12.8. The van der Waals surface area contributed by atoms with E-state index in [0.29, 0.717) is 13.2 Å². The number of hydrogen-bond donors (Lipinski definition) is 1. The Morgan fingerprint density at radius 3 is 2.73 bits per heavy atom. The predicted octanol–water partition coefficient (Wildman–Crippen LogP) is 3.26. The van der Waals surface area contributed by atoms with Crippen molar-refractivity contribution in [2.24, 2.45) is 0 Å². The van der Waals surface area contributed by atoms with Crippen molar-refractivity contribution in [1.29, 1.82) is 0 Å². The molecule has 4 nitrogen and oxygen atoms in total. The molecule has 0 radical (unpaired) electrons. The van der Waals surface area contributed by atoms with E-state index < -0.39 is 0 Å². The average molecular weight is 299 g/mol. The second-order valence-corrected chi connectivity index (χ2v) is 5.23. The molecule has 3 rings (SSSR count). The first-order valence-electron chi connectivity index (χ1n) is 7.56. The quantitative estimate of drug-likeness (QED) is 0.889. The number of nitrogens with one attached hydrogen (secondary N) is 1. The molecule has 1 aliphatic heterocycles. The van der Waals surface area contributed by atoms with E-state index in [1.807, 2.05) is 18.2 Å². The maximum Gasteiger partial charge on any atom is 0.161 e. The second kappa shape index (κ2) is 7.18. The van der Waals surface area contributed by atoms with Gasteiger partial charge in [-0.3, -0.25) is 0 Å². The molecule has 1 aliphatic rings. The number of hydrogen-bond acceptors (Lipinski definition) is 4. The third-order valence-corrected chi connectivity index (χ3v) is 3.68. The molecule has 0 saturated carbocycles. The summed E-state index contributed by atoms with van der Waals surface area (Å²) in [6, 6.07) is 14.4. The molecular formula is C18H21NO3. The molecule has 0 bridgehead atoms. The molecule has 0 unspecified atom stereocenters. The first-order valence-corrected chi connectivity index (χ1v) is 7.56. The van der Waals surface area contributed by atoms with Gasteiger partial charge in [0.15, 0.2) is 11.5 Å². The molecule has 0 saturated heterocycles. The van der Waals surface area contributed by atoms with Crippen LogP contribution < -0.4 is 14.8 Å². The van der Waals surface area contributed by atoms with Crippen LogP contribution in [0, 0.1) is 0 Å². The molecule has 2 aromatic carbocycles. The molecule has 0 atom stereocenters. The van der Waals surface area contributed by atoms with Gasteiger partial charge in [-0.15, -0.1) is 0 Å². The highest BCUT2D eigenvalue weighted by molar-refractivity contribution is 5.52. The average Bonchev–Trinajstić information content (AvgIpc) is 2.58. The standard InChI is InChI=1S/C18H21NO3/c1-20-9-8-15-4-2-3-5-16(15)19-13-14-6-7-17-18(12-14)22-11-10-21-17/h2-7,12,19H,8-11,13H2,1H3. The lowest BCUT2D eigenvalue weighted by Gasteiger charge is -2.19. The van der Waals surface area contributed by atoms with Gasteiger partial charge in [0.05, 0.1) is 6.61 Å². The molecule has 0 spiro atoms. The molecule has 4 heteroatoms. The van der Waals surface area contributed by atoms with Gasteiger partial charge in [-0.1, -0.05) is 24.3 Å². The summed E-state index contributed by atoms with van der Waals surface area (Å²) in [5.74, 6) is 1.66. The van der Waals surface area contributed by atoms with Gasteiger partial charge in [0, 0.05) is 19.3 Å². The smallest absolute Gasteiger partial charge is 0.161 e. The topological polar surface area (TPSA) is 39.7 Å². The van der Waals surface area contributed by atoms with Crippen molar-refractivity contribution in [3.8, 4) is 11.5 Å². The van der Waals surface area contributed by atoms with Crippen molar-refractivity contribution >= 4 is 5.69 Å². The molecule has 1 heterocycles. The molecule has 0 aliphatic carbocycles. The van der Waals surface area contributed by atoms with Gasteiger partial charge in [0.1, 0.15) is 13.2 Å². The van der Waals surface area contributed by atoms with E-state index in [1.165, 1.54) is 11.1 Å². The van der Waals surface area contributed by atoms with Crippen LogP contribution in [-0.4, -0.2) is 26.9 Å². The van der Waals surface area contributed by atoms with Gasteiger partial charge < -0.3 is 19.5 Å². The normalized spacial score (nSPS) is 13.0. The number of ether oxygens (including phenoxy) is 3. The van der Waals surface area contributed by atoms with Crippen LogP contribution in [0.2, 0.25) is 0 Å². The van der Waals surface area contributed by atoms with E-state index in [9.17, 15) is 0 Å².